The zero-order valence-electron chi connectivity index (χ0n) is 22.2. The molecule has 2 aromatic rings. The average Bonchev–Trinajstić information content (AvgIpc) is 3.84. The first-order chi connectivity index (χ1) is 18.7. The molecular formula is C29H35N5O5. The van der Waals surface area contributed by atoms with Gasteiger partial charge in [0.05, 0.1) is 6.04 Å². The number of aromatic nitrogens is 1. The minimum Gasteiger partial charge on any atom is -0.356 e. The van der Waals surface area contributed by atoms with E-state index in [9.17, 15) is 24.0 Å². The Kier molecular flexibility index (Phi) is 6.43. The number of ketones is 1. The topological polar surface area (TPSA) is 130 Å². The number of nitrogens with zero attached hydrogens (tertiary/aromatic N) is 2. The summed E-state index contributed by atoms with van der Waals surface area (Å²) in [7, 11) is 1.84. The summed E-state index contributed by atoms with van der Waals surface area (Å²) in [6.07, 6.45) is 5.65. The number of fused-ring (bicyclic) bond motifs is 1. The van der Waals surface area contributed by atoms with E-state index in [1.165, 1.54) is 0 Å². The van der Waals surface area contributed by atoms with Crippen LogP contribution in [-0.2, 0) is 26.2 Å². The van der Waals surface area contributed by atoms with E-state index in [4.69, 9.17) is 0 Å². The molecule has 39 heavy (non-hydrogen) atoms. The van der Waals surface area contributed by atoms with E-state index in [-0.39, 0.29) is 29.7 Å². The van der Waals surface area contributed by atoms with Crippen molar-refractivity contribution in [3.63, 3.8) is 0 Å². The molecule has 10 nitrogen and oxygen atoms in total. The highest BCUT2D eigenvalue weighted by molar-refractivity contribution is 6.38. The number of amides is 4. The molecule has 3 atom stereocenters. The summed E-state index contributed by atoms with van der Waals surface area (Å²) >= 11 is 0. The molecule has 4 amide bonds. The normalized spacial score (nSPS) is 24.3. The molecule has 0 unspecified atom stereocenters. The largest absolute Gasteiger partial charge is 0.356 e. The lowest BCUT2D eigenvalue weighted by molar-refractivity contribution is -0.141. The van der Waals surface area contributed by atoms with E-state index < -0.39 is 35.6 Å². The van der Waals surface area contributed by atoms with Gasteiger partial charge in [0, 0.05) is 43.0 Å². The Morgan fingerprint density at radius 1 is 1.10 bits per heavy atom. The van der Waals surface area contributed by atoms with Gasteiger partial charge >= 0.3 is 0 Å². The molecule has 2 aliphatic carbocycles. The predicted octanol–water partition coefficient (Wildman–Crippen LogP) is 1.42. The van der Waals surface area contributed by atoms with Crippen molar-refractivity contribution in [3.05, 3.63) is 36.0 Å². The molecular weight excluding hydrogens is 498 g/mol. The number of carbonyl (C=O) groups excluding carboxylic acids is 5. The van der Waals surface area contributed by atoms with E-state index in [0.29, 0.717) is 31.6 Å². The Bertz CT molecular complexity index is 1360. The van der Waals surface area contributed by atoms with Gasteiger partial charge in [0.2, 0.25) is 17.6 Å². The molecule has 3 heterocycles. The number of hydrogen-bond donors (Lipinski definition) is 3. The Labute approximate surface area is 226 Å². The molecule has 6 rings (SSSR count). The highest BCUT2D eigenvalue weighted by Crippen LogP contribution is 2.55. The predicted molar refractivity (Wildman–Crippen MR) is 142 cm³/mol. The molecule has 2 aliphatic heterocycles. The summed E-state index contributed by atoms with van der Waals surface area (Å²) in [5.41, 5.74) is 1.48. The van der Waals surface area contributed by atoms with Gasteiger partial charge in [-0.25, -0.2) is 0 Å². The van der Waals surface area contributed by atoms with Gasteiger partial charge in [0.25, 0.3) is 11.8 Å². The fourth-order valence-electron chi connectivity index (χ4n) is 6.18. The molecule has 4 fully saturated rings. The first-order valence-corrected chi connectivity index (χ1v) is 14.0. The van der Waals surface area contributed by atoms with Crippen molar-refractivity contribution in [3.8, 4) is 0 Å². The van der Waals surface area contributed by atoms with Crippen LogP contribution in [0.25, 0.3) is 10.9 Å². The molecule has 4 aliphatic rings. The highest BCUT2D eigenvalue weighted by atomic mass is 16.2. The smallest absolute Gasteiger partial charge is 0.289 e. The highest BCUT2D eigenvalue weighted by Gasteiger charge is 2.51. The molecule has 2 saturated carbocycles. The number of hydrogen-bond acceptors (Lipinski definition) is 5. The van der Waals surface area contributed by atoms with E-state index >= 15 is 0 Å². The summed E-state index contributed by atoms with van der Waals surface area (Å²) in [5.74, 6) is -2.77. The van der Waals surface area contributed by atoms with E-state index in [1.807, 2.05) is 41.9 Å². The number of carbonyl (C=O) groups is 5. The maximum absolute atomic E-state index is 13.9. The summed E-state index contributed by atoms with van der Waals surface area (Å²) in [6.45, 7) is 0.954. The maximum atomic E-state index is 13.9. The van der Waals surface area contributed by atoms with Crippen LogP contribution in [0.3, 0.4) is 0 Å². The van der Waals surface area contributed by atoms with Crippen molar-refractivity contribution in [2.75, 3.05) is 13.1 Å². The summed E-state index contributed by atoms with van der Waals surface area (Å²) in [4.78, 5) is 67.5. The van der Waals surface area contributed by atoms with Crippen molar-refractivity contribution >= 4 is 40.3 Å². The average molecular weight is 534 g/mol. The van der Waals surface area contributed by atoms with E-state index in [0.717, 1.165) is 43.0 Å². The minimum atomic E-state index is -1.13. The van der Waals surface area contributed by atoms with Crippen LogP contribution in [0.5, 0.6) is 0 Å². The van der Waals surface area contributed by atoms with Crippen molar-refractivity contribution in [2.24, 2.45) is 18.4 Å². The number of Topliss-reactive ketones (excluding diaryl/α,β-unsaturated/α-hetero) is 1. The maximum Gasteiger partial charge on any atom is 0.289 e. The zero-order chi connectivity index (χ0) is 27.3. The van der Waals surface area contributed by atoms with Gasteiger partial charge in [-0.1, -0.05) is 18.2 Å². The Balaban J connectivity index is 1.24. The van der Waals surface area contributed by atoms with Crippen molar-refractivity contribution in [1.29, 1.82) is 0 Å². The fraction of sp³-hybridized carbons (Fsp3) is 0.552. The molecule has 0 radical (unpaired) electrons. The third kappa shape index (κ3) is 5.04. The molecule has 206 valence electrons. The fourth-order valence-corrected chi connectivity index (χ4v) is 6.18. The van der Waals surface area contributed by atoms with Crippen LogP contribution in [0.4, 0.5) is 0 Å². The second kappa shape index (κ2) is 9.81. The second-order valence-electron chi connectivity index (χ2n) is 11.8. The minimum absolute atomic E-state index is 0.00504. The van der Waals surface area contributed by atoms with Crippen molar-refractivity contribution < 1.29 is 24.0 Å². The zero-order valence-corrected chi connectivity index (χ0v) is 22.2. The lowest BCUT2D eigenvalue weighted by atomic mass is 9.86. The Morgan fingerprint density at radius 3 is 2.54 bits per heavy atom. The van der Waals surface area contributed by atoms with Gasteiger partial charge in [0.1, 0.15) is 11.7 Å². The third-order valence-electron chi connectivity index (χ3n) is 9.03. The Hall–Kier alpha value is -3.69. The number of piperidine rings is 1. The monoisotopic (exact) mass is 533 g/mol. The molecule has 10 heteroatoms. The molecule has 1 aromatic carbocycles. The quantitative estimate of drug-likeness (QED) is 0.442. The van der Waals surface area contributed by atoms with Crippen LogP contribution in [0, 0.1) is 11.3 Å². The summed E-state index contributed by atoms with van der Waals surface area (Å²) < 4.78 is 1.85. The van der Waals surface area contributed by atoms with Crippen LogP contribution >= 0.6 is 0 Å². The lowest BCUT2D eigenvalue weighted by Gasteiger charge is -2.39. The van der Waals surface area contributed by atoms with Gasteiger partial charge in [-0.05, 0) is 68.9 Å². The third-order valence-corrected chi connectivity index (χ3v) is 9.03. The van der Waals surface area contributed by atoms with Gasteiger partial charge in [-0.3, -0.25) is 24.0 Å². The van der Waals surface area contributed by atoms with Gasteiger partial charge < -0.3 is 25.4 Å². The SMILES string of the molecule is Cn1c(C(=O)N2CCC3(CC3)C[C@H]2C(=O)N[C@@H](C[C@@H]2CCNC2=O)C(=O)C(=O)NC2CC2)cc2ccccc21. The summed E-state index contributed by atoms with van der Waals surface area (Å²) in [6, 6.07) is 7.71. The van der Waals surface area contributed by atoms with Crippen LogP contribution in [0.1, 0.15) is 61.9 Å². The van der Waals surface area contributed by atoms with Crippen LogP contribution in [-0.4, -0.2) is 70.1 Å². The second-order valence-corrected chi connectivity index (χ2v) is 11.8. The lowest BCUT2D eigenvalue weighted by Crippen LogP contribution is -2.58. The molecule has 1 spiro atoms. The molecule has 2 saturated heterocycles. The molecule has 1 aromatic heterocycles. The van der Waals surface area contributed by atoms with Crippen LogP contribution in [0.15, 0.2) is 30.3 Å². The number of likely N-dealkylation sites (tertiary alicyclic amines) is 1. The first-order valence-electron chi connectivity index (χ1n) is 14.0. The number of benzene rings is 1. The Morgan fingerprint density at radius 2 is 1.87 bits per heavy atom. The standard InChI is InChI=1S/C29H35N5O5/c1-33-21-5-3-2-4-17(21)15-22(33)28(39)34-13-11-29(9-10-29)16-23(34)26(37)32-20(14-18-8-12-30-25(18)36)24(35)27(38)31-19-6-7-19/h2-5,15,18-20,23H,6-14,16H2,1H3,(H,30,36)(H,31,38)(H,32,37)/t18-,20-,23-/m0/s1. The number of nitrogens with one attached hydrogen (secondary N) is 3. The number of para-hydroxylation sites is 1. The van der Waals surface area contributed by atoms with Gasteiger partial charge in [-0.15, -0.1) is 0 Å². The van der Waals surface area contributed by atoms with Gasteiger partial charge in [0.15, 0.2) is 0 Å². The molecule has 0 bridgehead atoms. The van der Waals surface area contributed by atoms with E-state index in [2.05, 4.69) is 16.0 Å². The first kappa shape index (κ1) is 25.6. The van der Waals surface area contributed by atoms with Crippen LogP contribution < -0.4 is 16.0 Å². The number of rotatable bonds is 8. The van der Waals surface area contributed by atoms with Crippen LogP contribution in [0.2, 0.25) is 0 Å². The van der Waals surface area contributed by atoms with Crippen molar-refractivity contribution in [2.45, 2.75) is 69.5 Å². The van der Waals surface area contributed by atoms with Crippen molar-refractivity contribution in [1.82, 2.24) is 25.4 Å². The number of aryl methyl sites for hydroxylation is 1. The summed E-state index contributed by atoms with van der Waals surface area (Å²) in [5, 5.41) is 9.23. The van der Waals surface area contributed by atoms with E-state index in [1.54, 1.807) is 4.90 Å². The van der Waals surface area contributed by atoms with Gasteiger partial charge in [-0.2, -0.15) is 0 Å². The molecule has 3 N–H and O–H groups in total.